The number of benzene rings is 2. The quantitative estimate of drug-likeness (QED) is 0.137. The first-order chi connectivity index (χ1) is 17.5. The first-order valence-corrected chi connectivity index (χ1v) is 13.2. The fraction of sp³-hybridized carbons (Fsp3) is 0.500. The lowest BCUT2D eigenvalue weighted by molar-refractivity contribution is -0.159. The number of rotatable bonds is 10. The second-order valence-corrected chi connectivity index (χ2v) is 12.3. The largest absolute Gasteiger partial charge is 0.487 e. The molecular weight excluding hydrogens is 480 g/mol. The van der Waals surface area contributed by atoms with Gasteiger partial charge in [0.05, 0.1) is 11.0 Å². The molecule has 0 aromatic heterocycles. The minimum Gasteiger partial charge on any atom is -0.487 e. The molecule has 0 bridgehead atoms. The Balaban J connectivity index is 2.67. The summed E-state index contributed by atoms with van der Waals surface area (Å²) in [5, 5.41) is 0. The number of allylic oxidation sites excluding steroid dienone is 1. The summed E-state index contributed by atoms with van der Waals surface area (Å²) >= 11 is 0. The second-order valence-electron chi connectivity index (χ2n) is 12.3. The standard InChI is InChI=1S/C32H44O6/c1-11-15-23-26(35-21-36-29(34)30(2,3)4)20-27(37-31(5,6)7)24(28(23)38-32(8,9)10)18-19-25(33)22-16-13-12-14-17-22/h12-14,16-20H,11,15,21H2,1-10H3/b19-18+. The molecule has 0 aliphatic heterocycles. The monoisotopic (exact) mass is 524 g/mol. The van der Waals surface area contributed by atoms with Crippen LogP contribution in [-0.2, 0) is 16.0 Å². The van der Waals surface area contributed by atoms with E-state index in [1.54, 1.807) is 45.0 Å². The molecule has 0 atom stereocenters. The molecule has 0 saturated carbocycles. The molecule has 0 amide bonds. The zero-order valence-electron chi connectivity index (χ0n) is 24.7. The van der Waals surface area contributed by atoms with Crippen LogP contribution >= 0.6 is 0 Å². The maximum atomic E-state index is 12.9. The Bertz CT molecular complexity index is 1130. The predicted octanol–water partition coefficient (Wildman–Crippen LogP) is 7.82. The van der Waals surface area contributed by atoms with Crippen LogP contribution < -0.4 is 14.2 Å². The van der Waals surface area contributed by atoms with Crippen LogP contribution in [0.5, 0.6) is 17.2 Å². The van der Waals surface area contributed by atoms with Crippen molar-refractivity contribution in [3.05, 3.63) is 59.2 Å². The number of ether oxygens (including phenoxy) is 4. The zero-order chi connectivity index (χ0) is 28.7. The van der Waals surface area contributed by atoms with Crippen molar-refractivity contribution in [1.82, 2.24) is 0 Å². The van der Waals surface area contributed by atoms with Crippen LogP contribution in [0.15, 0.2) is 42.5 Å². The lowest BCUT2D eigenvalue weighted by atomic mass is 9.98. The van der Waals surface area contributed by atoms with Crippen LogP contribution in [0.1, 0.15) is 97.1 Å². The molecule has 0 aliphatic rings. The van der Waals surface area contributed by atoms with Crippen molar-refractivity contribution in [3.8, 4) is 17.2 Å². The van der Waals surface area contributed by atoms with E-state index in [1.807, 2.05) is 59.7 Å². The van der Waals surface area contributed by atoms with Gasteiger partial charge in [-0.25, -0.2) is 0 Å². The summed E-state index contributed by atoms with van der Waals surface area (Å²) in [6.45, 7) is 19.0. The molecule has 0 N–H and O–H groups in total. The molecule has 2 aromatic rings. The van der Waals surface area contributed by atoms with Crippen molar-refractivity contribution < 1.29 is 28.5 Å². The summed E-state index contributed by atoms with van der Waals surface area (Å²) < 4.78 is 24.3. The van der Waals surface area contributed by atoms with E-state index < -0.39 is 16.6 Å². The lowest BCUT2D eigenvalue weighted by Crippen LogP contribution is -2.27. The number of esters is 1. The molecule has 0 saturated heterocycles. The van der Waals surface area contributed by atoms with E-state index in [4.69, 9.17) is 18.9 Å². The highest BCUT2D eigenvalue weighted by molar-refractivity contribution is 6.07. The third kappa shape index (κ3) is 9.55. The molecule has 2 aromatic carbocycles. The summed E-state index contributed by atoms with van der Waals surface area (Å²) in [6, 6.07) is 10.9. The highest BCUT2D eigenvalue weighted by Gasteiger charge is 2.27. The number of carbonyl (C=O) groups is 2. The average Bonchev–Trinajstić information content (AvgIpc) is 2.78. The topological polar surface area (TPSA) is 71.1 Å². The average molecular weight is 525 g/mol. The normalized spacial score (nSPS) is 12.4. The van der Waals surface area contributed by atoms with Gasteiger partial charge in [0.15, 0.2) is 5.78 Å². The summed E-state index contributed by atoms with van der Waals surface area (Å²) in [6.07, 6.45) is 4.76. The third-order valence-electron chi connectivity index (χ3n) is 5.14. The van der Waals surface area contributed by atoms with E-state index >= 15 is 0 Å². The van der Waals surface area contributed by atoms with Gasteiger partial charge < -0.3 is 18.9 Å². The molecular formula is C32H44O6. The van der Waals surface area contributed by atoms with Gasteiger partial charge in [-0.2, -0.15) is 0 Å². The minimum atomic E-state index is -0.642. The minimum absolute atomic E-state index is 0.125. The Labute approximate surface area is 228 Å². The highest BCUT2D eigenvalue weighted by Crippen LogP contribution is 2.43. The van der Waals surface area contributed by atoms with E-state index in [-0.39, 0.29) is 18.5 Å². The number of ketones is 1. The van der Waals surface area contributed by atoms with Crippen LogP contribution in [0, 0.1) is 5.41 Å². The Kier molecular flexibility index (Phi) is 10.2. The van der Waals surface area contributed by atoms with E-state index in [1.165, 1.54) is 6.08 Å². The second kappa shape index (κ2) is 12.5. The van der Waals surface area contributed by atoms with Gasteiger partial charge in [0.1, 0.15) is 28.5 Å². The Hall–Kier alpha value is -3.28. The fourth-order valence-electron chi connectivity index (χ4n) is 3.50. The maximum absolute atomic E-state index is 12.9. The highest BCUT2D eigenvalue weighted by atomic mass is 16.7. The number of hydrogen-bond acceptors (Lipinski definition) is 6. The van der Waals surface area contributed by atoms with Gasteiger partial charge >= 0.3 is 5.97 Å². The Morgan fingerprint density at radius 2 is 1.45 bits per heavy atom. The van der Waals surface area contributed by atoms with Gasteiger partial charge in [0, 0.05) is 17.2 Å². The Morgan fingerprint density at radius 1 is 0.842 bits per heavy atom. The van der Waals surface area contributed by atoms with Crippen molar-refractivity contribution in [2.24, 2.45) is 5.41 Å². The van der Waals surface area contributed by atoms with Crippen molar-refractivity contribution in [3.63, 3.8) is 0 Å². The van der Waals surface area contributed by atoms with Crippen LogP contribution in [0.4, 0.5) is 0 Å². The number of carbonyl (C=O) groups excluding carboxylic acids is 2. The van der Waals surface area contributed by atoms with E-state index in [0.29, 0.717) is 34.8 Å². The van der Waals surface area contributed by atoms with Gasteiger partial charge in [0.2, 0.25) is 6.79 Å². The van der Waals surface area contributed by atoms with Crippen LogP contribution in [0.3, 0.4) is 0 Å². The van der Waals surface area contributed by atoms with Crippen molar-refractivity contribution in [2.75, 3.05) is 6.79 Å². The van der Waals surface area contributed by atoms with Gasteiger partial charge in [-0.1, -0.05) is 43.7 Å². The van der Waals surface area contributed by atoms with Gasteiger partial charge in [0.25, 0.3) is 0 Å². The molecule has 2 rings (SSSR count). The summed E-state index contributed by atoms with van der Waals surface area (Å²) in [4.78, 5) is 25.2. The smallest absolute Gasteiger partial charge is 0.314 e. The fourth-order valence-corrected chi connectivity index (χ4v) is 3.50. The van der Waals surface area contributed by atoms with Crippen molar-refractivity contribution >= 4 is 17.8 Å². The first-order valence-electron chi connectivity index (χ1n) is 13.2. The SMILES string of the molecule is CCCc1c(OCOC(=O)C(C)(C)C)cc(OC(C)(C)C)c(/C=C/C(=O)c2ccccc2)c1OC(C)(C)C. The molecule has 38 heavy (non-hydrogen) atoms. The van der Waals surface area contributed by atoms with E-state index in [0.717, 1.165) is 12.0 Å². The molecule has 0 spiro atoms. The molecule has 0 heterocycles. The van der Waals surface area contributed by atoms with Crippen LogP contribution in [0.2, 0.25) is 0 Å². The molecule has 6 heteroatoms. The third-order valence-corrected chi connectivity index (χ3v) is 5.14. The summed E-state index contributed by atoms with van der Waals surface area (Å²) in [5.74, 6) is 1.12. The molecule has 0 radical (unpaired) electrons. The summed E-state index contributed by atoms with van der Waals surface area (Å²) in [7, 11) is 0. The molecule has 208 valence electrons. The zero-order valence-corrected chi connectivity index (χ0v) is 24.7. The van der Waals surface area contributed by atoms with Crippen LogP contribution in [-0.4, -0.2) is 29.7 Å². The first kappa shape index (κ1) is 30.9. The van der Waals surface area contributed by atoms with Gasteiger partial charge in [-0.05, 0) is 80.9 Å². The van der Waals surface area contributed by atoms with Gasteiger partial charge in [-0.15, -0.1) is 0 Å². The molecule has 0 fully saturated rings. The molecule has 0 aliphatic carbocycles. The molecule has 6 nitrogen and oxygen atoms in total. The Morgan fingerprint density at radius 3 is 1.97 bits per heavy atom. The van der Waals surface area contributed by atoms with E-state index in [9.17, 15) is 9.59 Å². The predicted molar refractivity (Wildman–Crippen MR) is 152 cm³/mol. The molecule has 0 unspecified atom stereocenters. The maximum Gasteiger partial charge on any atom is 0.314 e. The van der Waals surface area contributed by atoms with Crippen LogP contribution in [0.25, 0.3) is 6.08 Å². The van der Waals surface area contributed by atoms with E-state index in [2.05, 4.69) is 6.92 Å². The lowest BCUT2D eigenvalue weighted by Gasteiger charge is -2.29. The van der Waals surface area contributed by atoms with Crippen molar-refractivity contribution in [2.45, 2.75) is 93.3 Å². The number of hydrogen-bond donors (Lipinski definition) is 0. The van der Waals surface area contributed by atoms with Gasteiger partial charge in [-0.3, -0.25) is 9.59 Å². The van der Waals surface area contributed by atoms with Crippen molar-refractivity contribution in [1.29, 1.82) is 0 Å². The summed E-state index contributed by atoms with van der Waals surface area (Å²) in [5.41, 5.74) is 0.355.